The molecule has 0 unspecified atom stereocenters. The molecule has 2 aromatic heterocycles. The quantitative estimate of drug-likeness (QED) is 0.737. The summed E-state index contributed by atoms with van der Waals surface area (Å²) < 4.78 is 1.87. The van der Waals surface area contributed by atoms with E-state index in [0.717, 1.165) is 22.6 Å². The van der Waals surface area contributed by atoms with Gasteiger partial charge in [0.05, 0.1) is 5.69 Å². The molecular weight excluding hydrogens is 360 g/mol. The van der Waals surface area contributed by atoms with Gasteiger partial charge in [0.25, 0.3) is 5.91 Å². The summed E-state index contributed by atoms with van der Waals surface area (Å²) in [6.07, 6.45) is 3.23. The van der Waals surface area contributed by atoms with Gasteiger partial charge in [-0.3, -0.25) is 14.0 Å². The zero-order valence-corrected chi connectivity index (χ0v) is 16.2. The Bertz CT molecular complexity index is 976. The molecule has 1 saturated heterocycles. The fraction of sp³-hybridized carbons (Fsp3) is 0.350. The summed E-state index contributed by atoms with van der Waals surface area (Å²) in [5.41, 5.74) is 2.50. The van der Waals surface area contributed by atoms with Gasteiger partial charge in [-0.1, -0.05) is 30.3 Å². The fourth-order valence-electron chi connectivity index (χ4n) is 3.41. The number of benzene rings is 1. The maximum Gasteiger partial charge on any atom is 0.272 e. The summed E-state index contributed by atoms with van der Waals surface area (Å²) in [5, 5.41) is 4.82. The smallest absolute Gasteiger partial charge is 0.272 e. The van der Waals surface area contributed by atoms with E-state index in [1.165, 1.54) is 11.3 Å². The highest BCUT2D eigenvalue weighted by Crippen LogP contribution is 2.25. The summed E-state index contributed by atoms with van der Waals surface area (Å²) >= 11 is 1.46. The third kappa shape index (κ3) is 3.47. The molecule has 3 heterocycles. The third-order valence-corrected chi connectivity index (χ3v) is 5.72. The maximum atomic E-state index is 13.2. The molecule has 7 heteroatoms. The highest BCUT2D eigenvalue weighted by molar-refractivity contribution is 7.15. The van der Waals surface area contributed by atoms with Crippen molar-refractivity contribution in [1.29, 1.82) is 0 Å². The number of rotatable bonds is 5. The molecule has 1 atom stereocenters. The van der Waals surface area contributed by atoms with Gasteiger partial charge in [-0.25, -0.2) is 4.98 Å². The number of fused-ring (bicyclic) bond motifs is 1. The average molecular weight is 382 g/mol. The van der Waals surface area contributed by atoms with Crippen LogP contribution < -0.4 is 5.32 Å². The lowest BCUT2D eigenvalue weighted by Crippen LogP contribution is -2.45. The van der Waals surface area contributed by atoms with Crippen molar-refractivity contribution in [3.05, 3.63) is 47.6 Å². The standard InChI is InChI=1S/C20H22N4O2S/c1-13(2)23(10-15-8-9-18(25)21-15)19(26)17-12-27-20-22-16(11-24(17)20)14-6-4-3-5-7-14/h3-7,11-13,15H,8-10H2,1-2H3,(H,21,25)/t15-/m0/s1. The van der Waals surface area contributed by atoms with Crippen LogP contribution in [0.3, 0.4) is 0 Å². The highest BCUT2D eigenvalue weighted by Gasteiger charge is 2.29. The number of hydrogen-bond donors (Lipinski definition) is 1. The number of hydrogen-bond acceptors (Lipinski definition) is 4. The molecular formula is C20H22N4O2S. The fourth-order valence-corrected chi connectivity index (χ4v) is 4.26. The van der Waals surface area contributed by atoms with Gasteiger partial charge in [-0.05, 0) is 20.3 Å². The Hall–Kier alpha value is -2.67. The van der Waals surface area contributed by atoms with E-state index >= 15 is 0 Å². The Balaban J connectivity index is 1.62. The van der Waals surface area contributed by atoms with Crippen molar-refractivity contribution in [3.63, 3.8) is 0 Å². The van der Waals surface area contributed by atoms with Gasteiger partial charge >= 0.3 is 0 Å². The minimum absolute atomic E-state index is 0.0284. The van der Waals surface area contributed by atoms with E-state index in [1.807, 2.05) is 65.1 Å². The minimum atomic E-state index is -0.0330. The first kappa shape index (κ1) is 17.7. The number of aromatic nitrogens is 2. The predicted molar refractivity (Wildman–Crippen MR) is 106 cm³/mol. The van der Waals surface area contributed by atoms with Crippen LogP contribution in [0.2, 0.25) is 0 Å². The van der Waals surface area contributed by atoms with Crippen molar-refractivity contribution in [2.75, 3.05) is 6.54 Å². The Labute approximate surface area is 161 Å². The van der Waals surface area contributed by atoms with Crippen LogP contribution in [0.5, 0.6) is 0 Å². The number of nitrogens with one attached hydrogen (secondary N) is 1. The number of carbonyl (C=O) groups is 2. The van der Waals surface area contributed by atoms with E-state index in [4.69, 9.17) is 0 Å². The van der Waals surface area contributed by atoms with Gasteiger partial charge < -0.3 is 10.2 Å². The highest BCUT2D eigenvalue weighted by atomic mass is 32.1. The molecule has 0 saturated carbocycles. The largest absolute Gasteiger partial charge is 0.352 e. The topological polar surface area (TPSA) is 66.7 Å². The van der Waals surface area contributed by atoms with Crippen LogP contribution in [0.4, 0.5) is 0 Å². The number of amides is 2. The number of carbonyl (C=O) groups excluding carboxylic acids is 2. The van der Waals surface area contributed by atoms with Crippen LogP contribution in [0.1, 0.15) is 37.2 Å². The molecule has 1 aliphatic heterocycles. The van der Waals surface area contributed by atoms with Gasteiger partial charge in [0.1, 0.15) is 5.69 Å². The van der Waals surface area contributed by atoms with Crippen LogP contribution in [0.15, 0.2) is 41.9 Å². The summed E-state index contributed by atoms with van der Waals surface area (Å²) in [5.74, 6) is 0.0330. The lowest BCUT2D eigenvalue weighted by molar-refractivity contribution is -0.119. The van der Waals surface area contributed by atoms with E-state index in [1.54, 1.807) is 0 Å². The average Bonchev–Trinajstić information content (AvgIpc) is 3.35. The first-order valence-corrected chi connectivity index (χ1v) is 10.0. The molecule has 1 fully saturated rings. The lowest BCUT2D eigenvalue weighted by atomic mass is 10.1. The van der Waals surface area contributed by atoms with Crippen molar-refractivity contribution in [1.82, 2.24) is 19.6 Å². The van der Waals surface area contributed by atoms with Crippen LogP contribution >= 0.6 is 11.3 Å². The van der Waals surface area contributed by atoms with Gasteiger partial charge in [-0.2, -0.15) is 0 Å². The molecule has 140 valence electrons. The molecule has 1 aliphatic rings. The summed E-state index contributed by atoms with van der Waals surface area (Å²) in [6, 6.07) is 10.0. The zero-order valence-electron chi connectivity index (χ0n) is 15.4. The SMILES string of the molecule is CC(C)N(C[C@@H]1CCC(=O)N1)C(=O)c1csc2nc(-c3ccccc3)cn12. The van der Waals surface area contributed by atoms with E-state index in [2.05, 4.69) is 10.3 Å². The second-order valence-electron chi connectivity index (χ2n) is 7.12. The zero-order chi connectivity index (χ0) is 19.0. The van der Waals surface area contributed by atoms with Gasteiger partial charge in [0.15, 0.2) is 4.96 Å². The van der Waals surface area contributed by atoms with E-state index in [0.29, 0.717) is 18.7 Å². The first-order valence-electron chi connectivity index (χ1n) is 9.15. The van der Waals surface area contributed by atoms with Crippen molar-refractivity contribution < 1.29 is 9.59 Å². The normalized spacial score (nSPS) is 16.9. The molecule has 0 bridgehead atoms. The Morgan fingerprint density at radius 3 is 2.81 bits per heavy atom. The molecule has 0 aliphatic carbocycles. The number of thiazole rings is 1. The van der Waals surface area contributed by atoms with Crippen molar-refractivity contribution >= 4 is 28.1 Å². The second kappa shape index (κ2) is 7.15. The molecule has 27 heavy (non-hydrogen) atoms. The van der Waals surface area contributed by atoms with Crippen LogP contribution in [0, 0.1) is 0 Å². The molecule has 0 spiro atoms. The second-order valence-corrected chi connectivity index (χ2v) is 7.96. The summed E-state index contributed by atoms with van der Waals surface area (Å²) in [4.78, 5) is 32.0. The molecule has 3 aromatic rings. The summed E-state index contributed by atoms with van der Waals surface area (Å²) in [7, 11) is 0. The first-order chi connectivity index (χ1) is 13.0. The predicted octanol–water partition coefficient (Wildman–Crippen LogP) is 3.19. The number of imidazole rings is 1. The molecule has 1 aromatic carbocycles. The Morgan fingerprint density at radius 2 is 2.15 bits per heavy atom. The van der Waals surface area contributed by atoms with Gasteiger partial charge in [0.2, 0.25) is 5.91 Å². The Kier molecular flexibility index (Phi) is 4.70. The molecule has 2 amide bonds. The van der Waals surface area contributed by atoms with E-state index < -0.39 is 0 Å². The molecule has 0 radical (unpaired) electrons. The van der Waals surface area contributed by atoms with E-state index in [9.17, 15) is 9.59 Å². The minimum Gasteiger partial charge on any atom is -0.352 e. The van der Waals surface area contributed by atoms with Gasteiger partial charge in [0, 0.05) is 42.2 Å². The molecule has 1 N–H and O–H groups in total. The number of nitrogens with zero attached hydrogens (tertiary/aromatic N) is 3. The van der Waals surface area contributed by atoms with Crippen LogP contribution in [0.25, 0.3) is 16.2 Å². The van der Waals surface area contributed by atoms with Crippen LogP contribution in [-0.2, 0) is 4.79 Å². The van der Waals surface area contributed by atoms with Gasteiger partial charge in [-0.15, -0.1) is 11.3 Å². The molecule has 4 rings (SSSR count). The maximum absolute atomic E-state index is 13.2. The summed E-state index contributed by atoms with van der Waals surface area (Å²) in [6.45, 7) is 4.53. The van der Waals surface area contributed by atoms with Crippen molar-refractivity contribution in [2.45, 2.75) is 38.8 Å². The van der Waals surface area contributed by atoms with Crippen molar-refractivity contribution in [2.24, 2.45) is 0 Å². The lowest BCUT2D eigenvalue weighted by Gasteiger charge is -2.29. The molecule has 6 nitrogen and oxygen atoms in total. The van der Waals surface area contributed by atoms with Crippen molar-refractivity contribution in [3.8, 4) is 11.3 Å². The monoisotopic (exact) mass is 382 g/mol. The van der Waals surface area contributed by atoms with E-state index in [-0.39, 0.29) is 23.9 Å². The van der Waals surface area contributed by atoms with Crippen LogP contribution in [-0.4, -0.2) is 44.7 Å². The Morgan fingerprint density at radius 1 is 1.37 bits per heavy atom. The third-order valence-electron chi connectivity index (χ3n) is 4.88.